The van der Waals surface area contributed by atoms with Gasteiger partial charge in [-0.2, -0.15) is 0 Å². The number of nitrogens with two attached hydrogens (primary N) is 1. The first kappa shape index (κ1) is 11.8. The van der Waals surface area contributed by atoms with Crippen LogP contribution in [0, 0.1) is 0 Å². The van der Waals surface area contributed by atoms with Gasteiger partial charge in [-0.25, -0.2) is 0 Å². The Balaban J connectivity index is 2.50. The second-order valence-corrected chi connectivity index (χ2v) is 3.28. The van der Waals surface area contributed by atoms with Gasteiger partial charge in [0.15, 0.2) is 0 Å². The number of carbonyl (C=O) groups is 1. The van der Waals surface area contributed by atoms with Gasteiger partial charge < -0.3 is 15.2 Å². The Morgan fingerprint density at radius 3 is 2.80 bits per heavy atom. The van der Waals surface area contributed by atoms with Crippen LogP contribution in [0.15, 0.2) is 24.3 Å². The number of para-hydroxylation sites is 1. The molecule has 0 saturated carbocycles. The van der Waals surface area contributed by atoms with E-state index in [1.54, 1.807) is 24.3 Å². The zero-order valence-corrected chi connectivity index (χ0v) is 9.03. The van der Waals surface area contributed by atoms with E-state index in [-0.39, 0.29) is 6.61 Å². The fourth-order valence-electron chi connectivity index (χ4n) is 0.961. The molecule has 15 heavy (non-hydrogen) atoms. The summed E-state index contributed by atoms with van der Waals surface area (Å²) < 4.78 is 9.72. The van der Waals surface area contributed by atoms with Crippen LogP contribution in [-0.4, -0.2) is 25.7 Å². The molecule has 0 heterocycles. The first-order valence-electron chi connectivity index (χ1n) is 4.36. The lowest BCUT2D eigenvalue weighted by molar-refractivity contribution is -0.142. The van der Waals surface area contributed by atoms with Gasteiger partial charge in [-0.05, 0) is 12.1 Å². The lowest BCUT2D eigenvalue weighted by Crippen LogP contribution is -2.37. The van der Waals surface area contributed by atoms with Gasteiger partial charge in [-0.1, -0.05) is 23.7 Å². The Morgan fingerprint density at radius 1 is 1.53 bits per heavy atom. The number of hydrogen-bond acceptors (Lipinski definition) is 4. The highest BCUT2D eigenvalue weighted by molar-refractivity contribution is 6.32. The number of halogens is 1. The summed E-state index contributed by atoms with van der Waals surface area (Å²) >= 11 is 5.84. The lowest BCUT2D eigenvalue weighted by Gasteiger charge is -2.11. The van der Waals surface area contributed by atoms with Crippen LogP contribution in [0.5, 0.6) is 5.75 Å². The molecule has 82 valence electrons. The van der Waals surface area contributed by atoms with Crippen molar-refractivity contribution in [3.05, 3.63) is 29.3 Å². The van der Waals surface area contributed by atoms with E-state index in [9.17, 15) is 4.79 Å². The van der Waals surface area contributed by atoms with Crippen molar-refractivity contribution in [2.75, 3.05) is 13.7 Å². The average molecular weight is 230 g/mol. The molecule has 0 spiro atoms. The third kappa shape index (κ3) is 3.42. The van der Waals surface area contributed by atoms with Crippen molar-refractivity contribution in [2.45, 2.75) is 6.04 Å². The van der Waals surface area contributed by atoms with Crippen molar-refractivity contribution < 1.29 is 14.3 Å². The van der Waals surface area contributed by atoms with Gasteiger partial charge >= 0.3 is 5.97 Å². The Morgan fingerprint density at radius 2 is 2.20 bits per heavy atom. The predicted molar refractivity (Wildman–Crippen MR) is 56.9 cm³/mol. The third-order valence-corrected chi connectivity index (χ3v) is 2.07. The summed E-state index contributed by atoms with van der Waals surface area (Å²) in [6, 6.07) is 6.17. The Bertz CT molecular complexity index is 343. The zero-order chi connectivity index (χ0) is 11.3. The van der Waals surface area contributed by atoms with Crippen LogP contribution in [0.25, 0.3) is 0 Å². The summed E-state index contributed by atoms with van der Waals surface area (Å²) in [6.07, 6.45) is 0. The fourth-order valence-corrected chi connectivity index (χ4v) is 1.15. The van der Waals surface area contributed by atoms with Gasteiger partial charge in [-0.15, -0.1) is 0 Å². The Hall–Kier alpha value is -1.26. The summed E-state index contributed by atoms with van der Waals surface area (Å²) in [5.41, 5.74) is 5.48. The van der Waals surface area contributed by atoms with Gasteiger partial charge in [0.2, 0.25) is 0 Å². The van der Waals surface area contributed by atoms with Crippen molar-refractivity contribution in [3.8, 4) is 5.75 Å². The number of carbonyl (C=O) groups excluding carboxylic acids is 1. The monoisotopic (exact) mass is 229 g/mol. The average Bonchev–Trinajstić information content (AvgIpc) is 2.26. The molecule has 2 N–H and O–H groups in total. The quantitative estimate of drug-likeness (QED) is 0.789. The highest BCUT2D eigenvalue weighted by Crippen LogP contribution is 2.22. The molecule has 0 radical (unpaired) electrons. The van der Waals surface area contributed by atoms with Gasteiger partial charge in [0.1, 0.15) is 18.4 Å². The maximum absolute atomic E-state index is 11.0. The number of methoxy groups -OCH3 is 1. The van der Waals surface area contributed by atoms with Crippen molar-refractivity contribution in [2.24, 2.45) is 5.73 Å². The summed E-state index contributed by atoms with van der Waals surface area (Å²) in [6.45, 7) is 0.0381. The van der Waals surface area contributed by atoms with Crippen molar-refractivity contribution >= 4 is 17.6 Å². The summed E-state index contributed by atoms with van der Waals surface area (Å²) in [5.74, 6) is -0.0134. The summed E-state index contributed by atoms with van der Waals surface area (Å²) in [5, 5.41) is 0.481. The molecule has 0 aromatic heterocycles. The maximum Gasteiger partial charge on any atom is 0.326 e. The molecule has 0 bridgehead atoms. The largest absolute Gasteiger partial charge is 0.490 e. The van der Waals surface area contributed by atoms with E-state index < -0.39 is 12.0 Å². The molecule has 1 rings (SSSR count). The van der Waals surface area contributed by atoms with Crippen LogP contribution < -0.4 is 10.5 Å². The van der Waals surface area contributed by atoms with E-state index in [1.807, 2.05) is 0 Å². The first-order valence-corrected chi connectivity index (χ1v) is 4.73. The highest BCUT2D eigenvalue weighted by Gasteiger charge is 2.14. The van der Waals surface area contributed by atoms with Crippen molar-refractivity contribution in [1.29, 1.82) is 0 Å². The molecule has 5 heteroatoms. The van der Waals surface area contributed by atoms with Crippen molar-refractivity contribution in [1.82, 2.24) is 0 Å². The molecule has 1 aromatic carbocycles. The highest BCUT2D eigenvalue weighted by atomic mass is 35.5. The second kappa shape index (κ2) is 5.58. The number of ether oxygens (including phenoxy) is 2. The van der Waals surface area contributed by atoms with E-state index >= 15 is 0 Å². The van der Waals surface area contributed by atoms with Crippen LogP contribution >= 0.6 is 11.6 Å². The van der Waals surface area contributed by atoms with E-state index in [4.69, 9.17) is 22.1 Å². The van der Waals surface area contributed by atoms with E-state index in [2.05, 4.69) is 4.74 Å². The molecular formula is C10H12ClNO3. The normalized spacial score (nSPS) is 11.9. The van der Waals surface area contributed by atoms with Crippen LogP contribution in [0.2, 0.25) is 5.02 Å². The number of benzene rings is 1. The molecule has 0 aliphatic heterocycles. The van der Waals surface area contributed by atoms with Gasteiger partial charge in [-0.3, -0.25) is 4.79 Å². The molecule has 0 saturated heterocycles. The van der Waals surface area contributed by atoms with Crippen LogP contribution in [0.3, 0.4) is 0 Å². The minimum absolute atomic E-state index is 0.0381. The van der Waals surface area contributed by atoms with Gasteiger partial charge in [0.25, 0.3) is 0 Å². The molecule has 4 nitrogen and oxygen atoms in total. The number of rotatable bonds is 4. The standard InChI is InChI=1S/C10H12ClNO3/c1-14-10(13)8(12)6-15-9-5-3-2-4-7(9)11/h2-5,8H,6,12H2,1H3/t8-/m0/s1. The third-order valence-electron chi connectivity index (χ3n) is 1.76. The van der Waals surface area contributed by atoms with E-state index in [1.165, 1.54) is 7.11 Å². The smallest absolute Gasteiger partial charge is 0.326 e. The minimum atomic E-state index is -0.800. The summed E-state index contributed by atoms with van der Waals surface area (Å²) in [7, 11) is 1.28. The first-order chi connectivity index (χ1) is 7.15. The van der Waals surface area contributed by atoms with Crippen LogP contribution in [-0.2, 0) is 9.53 Å². The molecule has 0 aliphatic rings. The minimum Gasteiger partial charge on any atom is -0.490 e. The van der Waals surface area contributed by atoms with Crippen LogP contribution in [0.1, 0.15) is 0 Å². The summed E-state index contributed by atoms with van der Waals surface area (Å²) in [4.78, 5) is 11.0. The molecular weight excluding hydrogens is 218 g/mol. The lowest BCUT2D eigenvalue weighted by atomic mass is 10.3. The maximum atomic E-state index is 11.0. The molecule has 0 fully saturated rings. The van der Waals surface area contributed by atoms with Gasteiger partial charge in [0.05, 0.1) is 12.1 Å². The van der Waals surface area contributed by atoms with E-state index in [0.717, 1.165) is 0 Å². The second-order valence-electron chi connectivity index (χ2n) is 2.87. The molecule has 0 unspecified atom stereocenters. The van der Waals surface area contributed by atoms with Crippen LogP contribution in [0.4, 0.5) is 0 Å². The predicted octanol–water partition coefficient (Wildman–Crippen LogP) is 1.22. The topological polar surface area (TPSA) is 61.5 Å². The number of hydrogen-bond donors (Lipinski definition) is 1. The Labute approximate surface area is 92.9 Å². The van der Waals surface area contributed by atoms with Crippen molar-refractivity contribution in [3.63, 3.8) is 0 Å². The molecule has 1 atom stereocenters. The molecule has 0 amide bonds. The SMILES string of the molecule is COC(=O)[C@@H](N)COc1ccccc1Cl. The zero-order valence-electron chi connectivity index (χ0n) is 8.27. The molecule has 0 aliphatic carbocycles. The van der Waals surface area contributed by atoms with Gasteiger partial charge in [0, 0.05) is 0 Å². The Kier molecular flexibility index (Phi) is 4.39. The van der Waals surface area contributed by atoms with E-state index in [0.29, 0.717) is 10.8 Å². The molecule has 1 aromatic rings. The fraction of sp³-hybridized carbons (Fsp3) is 0.300. The number of esters is 1.